The summed E-state index contributed by atoms with van der Waals surface area (Å²) in [6.45, 7) is 5.27. The molecule has 1 aliphatic heterocycles. The number of rotatable bonds is 1. The third kappa shape index (κ3) is 3.42. The molecule has 0 N–H and O–H groups in total. The maximum atomic E-state index is 12.6. The zero-order chi connectivity index (χ0) is 14.2. The van der Waals surface area contributed by atoms with Gasteiger partial charge in [-0.2, -0.15) is 13.2 Å². The van der Waals surface area contributed by atoms with Crippen LogP contribution in [0.25, 0.3) is 0 Å². The van der Waals surface area contributed by atoms with Crippen LogP contribution in [0.5, 0.6) is 0 Å². The second-order valence-corrected chi connectivity index (χ2v) is 5.68. The summed E-state index contributed by atoms with van der Waals surface area (Å²) in [4.78, 5) is 2.04. The van der Waals surface area contributed by atoms with Gasteiger partial charge >= 0.3 is 6.18 Å². The molecule has 1 fully saturated rings. The highest BCUT2D eigenvalue weighted by molar-refractivity contribution is 9.10. The summed E-state index contributed by atoms with van der Waals surface area (Å²) >= 11 is 3.23. The average molecular weight is 338 g/mol. The van der Waals surface area contributed by atoms with Crippen LogP contribution in [0.1, 0.15) is 19.4 Å². The van der Waals surface area contributed by atoms with Gasteiger partial charge in [0.05, 0.1) is 23.5 Å². The van der Waals surface area contributed by atoms with Gasteiger partial charge in [-0.05, 0) is 48.0 Å². The van der Waals surface area contributed by atoms with Gasteiger partial charge in [0.25, 0.3) is 0 Å². The van der Waals surface area contributed by atoms with Gasteiger partial charge in [-0.15, -0.1) is 0 Å². The zero-order valence-corrected chi connectivity index (χ0v) is 12.3. The SMILES string of the molecule is CC1CN(c2ccc(C(F)(F)F)cc2Br)CC(C)O1. The summed E-state index contributed by atoms with van der Waals surface area (Å²) in [6, 6.07) is 3.75. The van der Waals surface area contributed by atoms with Crippen molar-refractivity contribution in [2.45, 2.75) is 32.2 Å². The van der Waals surface area contributed by atoms with E-state index >= 15 is 0 Å². The lowest BCUT2D eigenvalue weighted by atomic mass is 10.1. The number of morpholine rings is 1. The maximum absolute atomic E-state index is 12.6. The van der Waals surface area contributed by atoms with Crippen LogP contribution in [0, 0.1) is 0 Å². The monoisotopic (exact) mass is 337 g/mol. The Kier molecular flexibility index (Phi) is 4.11. The molecule has 1 aromatic rings. The fourth-order valence-electron chi connectivity index (χ4n) is 2.31. The summed E-state index contributed by atoms with van der Waals surface area (Å²) in [5.74, 6) is 0. The van der Waals surface area contributed by atoms with Crippen molar-refractivity contribution < 1.29 is 17.9 Å². The van der Waals surface area contributed by atoms with Gasteiger partial charge in [0.15, 0.2) is 0 Å². The summed E-state index contributed by atoms with van der Waals surface area (Å²) in [5.41, 5.74) is 0.132. The lowest BCUT2D eigenvalue weighted by molar-refractivity contribution is -0.137. The minimum atomic E-state index is -4.31. The zero-order valence-electron chi connectivity index (χ0n) is 10.7. The smallest absolute Gasteiger partial charge is 0.372 e. The first-order valence-electron chi connectivity index (χ1n) is 6.04. The van der Waals surface area contributed by atoms with E-state index in [1.807, 2.05) is 18.7 Å². The van der Waals surface area contributed by atoms with E-state index in [1.165, 1.54) is 6.07 Å². The Bertz CT molecular complexity index is 454. The Morgan fingerprint density at radius 2 is 1.79 bits per heavy atom. The molecule has 1 heterocycles. The van der Waals surface area contributed by atoms with Crippen LogP contribution < -0.4 is 4.90 Å². The van der Waals surface area contributed by atoms with Crippen LogP contribution in [0.15, 0.2) is 22.7 Å². The lowest BCUT2D eigenvalue weighted by Crippen LogP contribution is -2.45. The van der Waals surface area contributed by atoms with Crippen LogP contribution in [-0.4, -0.2) is 25.3 Å². The van der Waals surface area contributed by atoms with E-state index in [0.29, 0.717) is 17.6 Å². The number of halogens is 4. The van der Waals surface area contributed by atoms with Crippen molar-refractivity contribution in [3.63, 3.8) is 0 Å². The summed E-state index contributed by atoms with van der Waals surface area (Å²) in [7, 11) is 0. The highest BCUT2D eigenvalue weighted by Crippen LogP contribution is 2.36. The molecule has 2 rings (SSSR count). The van der Waals surface area contributed by atoms with E-state index in [1.54, 1.807) is 0 Å². The lowest BCUT2D eigenvalue weighted by Gasteiger charge is -2.37. The van der Waals surface area contributed by atoms with Crippen LogP contribution in [0.3, 0.4) is 0 Å². The van der Waals surface area contributed by atoms with Gasteiger partial charge in [-0.1, -0.05) is 0 Å². The van der Waals surface area contributed by atoms with Gasteiger partial charge < -0.3 is 9.64 Å². The van der Waals surface area contributed by atoms with E-state index in [9.17, 15) is 13.2 Å². The number of nitrogens with zero attached hydrogens (tertiary/aromatic N) is 1. The Morgan fingerprint density at radius 3 is 2.26 bits per heavy atom. The van der Waals surface area contributed by atoms with Crippen LogP contribution in [0.4, 0.5) is 18.9 Å². The van der Waals surface area contributed by atoms with Crippen LogP contribution >= 0.6 is 15.9 Å². The molecular formula is C13H15BrF3NO. The first-order chi connectivity index (χ1) is 8.77. The molecule has 0 aliphatic carbocycles. The summed E-state index contributed by atoms with van der Waals surface area (Å²) in [6.07, 6.45) is -4.18. The van der Waals surface area contributed by atoms with E-state index in [-0.39, 0.29) is 12.2 Å². The molecule has 0 saturated carbocycles. The number of hydrogen-bond donors (Lipinski definition) is 0. The standard InChI is InChI=1S/C13H15BrF3NO/c1-8-6-18(7-9(2)19-8)12-4-3-10(5-11(12)14)13(15,16)17/h3-5,8-9H,6-7H2,1-2H3. The molecule has 2 atom stereocenters. The van der Waals surface area contributed by atoms with Crippen LogP contribution in [0.2, 0.25) is 0 Å². The van der Waals surface area contributed by atoms with Gasteiger partial charge in [-0.3, -0.25) is 0 Å². The van der Waals surface area contributed by atoms with E-state index in [2.05, 4.69) is 15.9 Å². The predicted molar refractivity (Wildman–Crippen MR) is 71.4 cm³/mol. The molecule has 19 heavy (non-hydrogen) atoms. The Hall–Kier alpha value is -0.750. The molecule has 0 spiro atoms. The minimum absolute atomic E-state index is 0.0675. The largest absolute Gasteiger partial charge is 0.416 e. The number of ether oxygens (including phenoxy) is 1. The number of anilines is 1. The summed E-state index contributed by atoms with van der Waals surface area (Å²) < 4.78 is 43.9. The molecule has 6 heteroatoms. The second kappa shape index (κ2) is 5.32. The average Bonchev–Trinajstić information content (AvgIpc) is 2.26. The molecule has 1 aromatic carbocycles. The minimum Gasteiger partial charge on any atom is -0.372 e. The van der Waals surface area contributed by atoms with Gasteiger partial charge in [0.2, 0.25) is 0 Å². The topological polar surface area (TPSA) is 12.5 Å². The first-order valence-corrected chi connectivity index (χ1v) is 6.84. The van der Waals surface area contributed by atoms with Crippen molar-refractivity contribution >= 4 is 21.6 Å². The quantitative estimate of drug-likeness (QED) is 0.765. The molecule has 0 aromatic heterocycles. The molecule has 2 nitrogen and oxygen atoms in total. The fraction of sp³-hybridized carbons (Fsp3) is 0.538. The normalized spacial score (nSPS) is 24.6. The third-order valence-electron chi connectivity index (χ3n) is 3.04. The van der Waals surface area contributed by atoms with Crippen molar-refractivity contribution in [1.82, 2.24) is 0 Å². The molecular weight excluding hydrogens is 323 g/mol. The van der Waals surface area contributed by atoms with E-state index < -0.39 is 11.7 Å². The van der Waals surface area contributed by atoms with Crippen molar-refractivity contribution in [3.05, 3.63) is 28.2 Å². The third-order valence-corrected chi connectivity index (χ3v) is 3.67. The maximum Gasteiger partial charge on any atom is 0.416 e. The Labute approximate surface area is 118 Å². The van der Waals surface area contributed by atoms with Gasteiger partial charge in [-0.25, -0.2) is 0 Å². The molecule has 106 valence electrons. The van der Waals surface area contributed by atoms with Crippen molar-refractivity contribution in [2.75, 3.05) is 18.0 Å². The van der Waals surface area contributed by atoms with Crippen LogP contribution in [-0.2, 0) is 10.9 Å². The highest BCUT2D eigenvalue weighted by Gasteiger charge is 2.31. The van der Waals surface area contributed by atoms with E-state index in [0.717, 1.165) is 17.8 Å². The Balaban J connectivity index is 2.26. The van der Waals surface area contributed by atoms with Crippen molar-refractivity contribution in [2.24, 2.45) is 0 Å². The fourth-order valence-corrected chi connectivity index (χ4v) is 2.94. The number of hydrogen-bond acceptors (Lipinski definition) is 2. The second-order valence-electron chi connectivity index (χ2n) is 4.83. The Morgan fingerprint density at radius 1 is 1.21 bits per heavy atom. The first kappa shape index (κ1) is 14.7. The highest BCUT2D eigenvalue weighted by atomic mass is 79.9. The van der Waals surface area contributed by atoms with Crippen molar-refractivity contribution in [1.29, 1.82) is 0 Å². The molecule has 0 radical (unpaired) electrons. The van der Waals surface area contributed by atoms with E-state index in [4.69, 9.17) is 4.74 Å². The van der Waals surface area contributed by atoms with Crippen molar-refractivity contribution in [3.8, 4) is 0 Å². The molecule has 1 aliphatic rings. The molecule has 1 saturated heterocycles. The molecule has 0 bridgehead atoms. The molecule has 0 amide bonds. The number of benzene rings is 1. The number of alkyl halides is 3. The predicted octanol–water partition coefficient (Wildman–Crippen LogP) is 4.08. The molecule has 2 unspecified atom stereocenters. The van der Waals surface area contributed by atoms with Gasteiger partial charge in [0.1, 0.15) is 0 Å². The van der Waals surface area contributed by atoms with Gasteiger partial charge in [0, 0.05) is 17.6 Å². The summed E-state index contributed by atoms with van der Waals surface area (Å²) in [5, 5.41) is 0.